The molecule has 74 heavy (non-hydrogen) atoms. The van der Waals surface area contributed by atoms with Gasteiger partial charge >= 0.3 is 0 Å². The van der Waals surface area contributed by atoms with E-state index in [0.717, 1.165) is 76.6 Å². The number of allylic oxidation sites excluding steroid dienone is 1. The van der Waals surface area contributed by atoms with Gasteiger partial charge in [-0.2, -0.15) is 0 Å². The monoisotopic (exact) mass is 986 g/mol. The molecular formula is C68H50N4S2. The summed E-state index contributed by atoms with van der Waals surface area (Å²) in [7, 11) is 2.22. The molecule has 3 heterocycles. The van der Waals surface area contributed by atoms with E-state index >= 15 is 0 Å². The highest BCUT2D eigenvalue weighted by molar-refractivity contribution is 7.26. The van der Waals surface area contributed by atoms with Gasteiger partial charge < -0.3 is 9.47 Å². The fourth-order valence-corrected chi connectivity index (χ4v) is 13.8. The van der Waals surface area contributed by atoms with Crippen molar-refractivity contribution in [3.63, 3.8) is 0 Å². The van der Waals surface area contributed by atoms with Crippen LogP contribution in [0.1, 0.15) is 29.2 Å². The topological polar surface area (TPSA) is 44.4 Å². The zero-order valence-corrected chi connectivity index (χ0v) is 42.7. The number of nitrogens with one attached hydrogen (secondary N) is 1. The van der Waals surface area contributed by atoms with Crippen molar-refractivity contribution >= 4 is 102 Å². The molecular weight excluding hydrogens is 937 g/mol. The van der Waals surface area contributed by atoms with Crippen LogP contribution < -0.4 is 0 Å². The van der Waals surface area contributed by atoms with E-state index in [1.54, 1.807) is 22.7 Å². The third-order valence-corrected chi connectivity index (χ3v) is 17.1. The normalized spacial score (nSPS) is 13.1. The van der Waals surface area contributed by atoms with Crippen LogP contribution in [0.25, 0.3) is 90.0 Å². The molecule has 13 aromatic rings. The van der Waals surface area contributed by atoms with E-state index in [9.17, 15) is 5.41 Å². The molecule has 1 unspecified atom stereocenters. The van der Waals surface area contributed by atoms with Crippen LogP contribution in [0, 0.1) is 5.41 Å². The van der Waals surface area contributed by atoms with Gasteiger partial charge in [-0.15, -0.1) is 22.7 Å². The Kier molecular flexibility index (Phi) is 11.4. The summed E-state index contributed by atoms with van der Waals surface area (Å²) in [6.45, 7) is 2.18. The molecule has 4 nitrogen and oxygen atoms in total. The fraction of sp³-hybridized carbons (Fsp3) is 0.0588. The number of rotatable bonds is 10. The third kappa shape index (κ3) is 7.56. The summed E-state index contributed by atoms with van der Waals surface area (Å²) in [6.07, 6.45) is 2.85. The molecule has 0 fully saturated rings. The van der Waals surface area contributed by atoms with Crippen LogP contribution in [0.5, 0.6) is 0 Å². The van der Waals surface area contributed by atoms with Crippen LogP contribution >= 0.6 is 22.7 Å². The number of hydrogen-bond donors (Lipinski definition) is 1. The first-order chi connectivity index (χ1) is 36.5. The molecule has 0 bridgehead atoms. The van der Waals surface area contributed by atoms with Gasteiger partial charge in [-0.1, -0.05) is 224 Å². The number of fused-ring (bicyclic) bond motifs is 9. The highest BCUT2D eigenvalue weighted by Crippen LogP contribution is 2.50. The predicted molar refractivity (Wildman–Crippen MR) is 318 cm³/mol. The van der Waals surface area contributed by atoms with Crippen molar-refractivity contribution < 1.29 is 0 Å². The van der Waals surface area contributed by atoms with Gasteiger partial charge in [-0.25, -0.2) is 4.99 Å². The number of hydrogen-bond acceptors (Lipinski definition) is 3. The Morgan fingerprint density at radius 3 is 1.46 bits per heavy atom. The van der Waals surface area contributed by atoms with Crippen molar-refractivity contribution in [2.24, 2.45) is 4.99 Å². The van der Waals surface area contributed by atoms with Gasteiger partial charge in [0.15, 0.2) is 5.84 Å². The molecule has 0 amide bonds. The standard InChI is InChI=1S/C68H50N4S2/c1-3-59(48-28-14-7-15-29-48)68(44-45-22-8-4-9-23-45,72-64-51(46-24-10-5-11-25-46)32-20-34-57(64)58-35-21-33-52(65(58)72)47-26-12-6-13-27-47)71(2)67(50-39-41-56-54-31-17-19-37-61(54)74-63(56)43-50)70-66(69)49-38-40-55-53-30-16-18-36-60(53)73-62(55)42-49/h3-43,69H,44H2,1-2H3/b59-3-,69-66?,70-67-. The Bertz CT molecular complexity index is 4220. The van der Waals surface area contributed by atoms with Crippen LogP contribution in [0.2, 0.25) is 0 Å². The number of benzene rings is 10. The number of aliphatic imine (C=N–C) groups is 1. The van der Waals surface area contributed by atoms with E-state index in [1.807, 2.05) is 0 Å². The quantitative estimate of drug-likeness (QED) is 0.108. The summed E-state index contributed by atoms with van der Waals surface area (Å²) in [5, 5.41) is 17.4. The van der Waals surface area contributed by atoms with Gasteiger partial charge in [0, 0.05) is 92.4 Å². The SMILES string of the molecule is C/C=C(/c1ccccc1)C(Cc1ccccc1)(N(C)/C(=N\C(=N)c1ccc2c(c1)sc1ccccc12)c1ccc2c(c1)sc1ccccc12)n1c2c(-c3ccccc3)cccc2c2cccc(-c3ccccc3)c21. The van der Waals surface area contributed by atoms with E-state index < -0.39 is 5.66 Å². The van der Waals surface area contributed by atoms with Crippen LogP contribution in [0.15, 0.2) is 254 Å². The lowest BCUT2D eigenvalue weighted by Gasteiger charge is -2.48. The largest absolute Gasteiger partial charge is 0.332 e. The third-order valence-electron chi connectivity index (χ3n) is 14.8. The molecule has 13 rings (SSSR count). The minimum absolute atomic E-state index is 0.190. The van der Waals surface area contributed by atoms with E-state index in [2.05, 4.69) is 272 Å². The smallest absolute Gasteiger partial charge is 0.154 e. The number of aromatic nitrogens is 1. The van der Waals surface area contributed by atoms with Crippen molar-refractivity contribution in [1.29, 1.82) is 5.41 Å². The number of amidine groups is 2. The van der Waals surface area contributed by atoms with Crippen molar-refractivity contribution in [3.05, 3.63) is 271 Å². The van der Waals surface area contributed by atoms with Crippen molar-refractivity contribution in [1.82, 2.24) is 9.47 Å². The van der Waals surface area contributed by atoms with Gasteiger partial charge in [0.05, 0.1) is 11.0 Å². The molecule has 3 aromatic heterocycles. The minimum atomic E-state index is -1.07. The molecule has 0 saturated carbocycles. The molecule has 10 aromatic carbocycles. The first-order valence-corrected chi connectivity index (χ1v) is 26.8. The Morgan fingerprint density at radius 2 is 0.919 bits per heavy atom. The molecule has 6 heteroatoms. The first-order valence-electron chi connectivity index (χ1n) is 25.2. The highest BCUT2D eigenvalue weighted by atomic mass is 32.1. The molecule has 1 atom stereocenters. The molecule has 354 valence electrons. The number of thiophene rings is 2. The van der Waals surface area contributed by atoms with Gasteiger partial charge in [0.1, 0.15) is 11.5 Å². The van der Waals surface area contributed by atoms with Crippen LogP contribution in [0.3, 0.4) is 0 Å². The second-order valence-electron chi connectivity index (χ2n) is 19.0. The summed E-state index contributed by atoms with van der Waals surface area (Å²) in [4.78, 5) is 8.10. The van der Waals surface area contributed by atoms with E-state index in [0.29, 0.717) is 12.3 Å². The molecule has 0 spiro atoms. The predicted octanol–water partition coefficient (Wildman–Crippen LogP) is 18.3. The summed E-state index contributed by atoms with van der Waals surface area (Å²) in [5.74, 6) is 0.872. The van der Waals surface area contributed by atoms with E-state index in [-0.39, 0.29) is 5.84 Å². The van der Waals surface area contributed by atoms with Crippen molar-refractivity contribution in [2.45, 2.75) is 19.0 Å². The van der Waals surface area contributed by atoms with Gasteiger partial charge in [0.2, 0.25) is 0 Å². The van der Waals surface area contributed by atoms with E-state index in [1.165, 1.54) is 35.6 Å². The summed E-state index contributed by atoms with van der Waals surface area (Å²) in [5.41, 5.74) is 10.7. The zero-order valence-electron chi connectivity index (χ0n) is 41.0. The molecule has 0 saturated heterocycles. The van der Waals surface area contributed by atoms with Crippen LogP contribution in [0.4, 0.5) is 0 Å². The van der Waals surface area contributed by atoms with Gasteiger partial charge in [0.25, 0.3) is 0 Å². The lowest BCUT2D eigenvalue weighted by Crippen LogP contribution is -2.54. The van der Waals surface area contributed by atoms with Gasteiger partial charge in [-0.3, -0.25) is 5.41 Å². The molecule has 0 aliphatic rings. The Balaban J connectivity index is 1.18. The maximum Gasteiger partial charge on any atom is 0.154 e. The summed E-state index contributed by atoms with van der Waals surface area (Å²) in [6, 6.07) is 87.4. The highest BCUT2D eigenvalue weighted by Gasteiger charge is 2.46. The lowest BCUT2D eigenvalue weighted by molar-refractivity contribution is 0.196. The summed E-state index contributed by atoms with van der Waals surface area (Å²) < 4.78 is 7.43. The fourth-order valence-electron chi connectivity index (χ4n) is 11.5. The zero-order chi connectivity index (χ0) is 49.8. The lowest BCUT2D eigenvalue weighted by atomic mass is 9.83. The first kappa shape index (κ1) is 45.2. The Labute approximate surface area is 438 Å². The number of nitrogens with zero attached hydrogens (tertiary/aromatic N) is 3. The molecule has 0 aliphatic carbocycles. The van der Waals surface area contributed by atoms with E-state index in [4.69, 9.17) is 4.99 Å². The van der Waals surface area contributed by atoms with Crippen LogP contribution in [-0.4, -0.2) is 28.2 Å². The Morgan fingerprint density at radius 1 is 0.473 bits per heavy atom. The average molecular weight is 987 g/mol. The number of likely N-dealkylation sites (N-methyl/N-ethyl adjacent to an activating group) is 1. The maximum atomic E-state index is 10.2. The van der Waals surface area contributed by atoms with Gasteiger partial charge in [-0.05, 0) is 53.4 Å². The average Bonchev–Trinajstić information content (AvgIpc) is 4.19. The second kappa shape index (κ2) is 18.7. The van der Waals surface area contributed by atoms with Crippen LogP contribution in [-0.2, 0) is 12.1 Å². The van der Waals surface area contributed by atoms with Crippen molar-refractivity contribution in [2.75, 3.05) is 7.05 Å². The second-order valence-corrected chi connectivity index (χ2v) is 21.1. The molecule has 0 aliphatic heterocycles. The maximum absolute atomic E-state index is 10.2. The molecule has 1 N–H and O–H groups in total. The number of para-hydroxylation sites is 2. The van der Waals surface area contributed by atoms with Crippen molar-refractivity contribution in [3.8, 4) is 22.3 Å². The summed E-state index contributed by atoms with van der Waals surface area (Å²) >= 11 is 3.56. The molecule has 0 radical (unpaired) electrons. The Hall–Kier alpha value is -8.68. The minimum Gasteiger partial charge on any atom is -0.332 e.